The molecule has 206 valence electrons. The quantitative estimate of drug-likeness (QED) is 0.292. The number of hydrogen-bond acceptors (Lipinski definition) is 8. The van der Waals surface area contributed by atoms with E-state index in [4.69, 9.17) is 15.2 Å². The van der Waals surface area contributed by atoms with Gasteiger partial charge >= 0.3 is 5.97 Å². The van der Waals surface area contributed by atoms with Gasteiger partial charge in [0.05, 0.1) is 18.0 Å². The predicted molar refractivity (Wildman–Crippen MR) is 144 cm³/mol. The lowest BCUT2D eigenvalue weighted by atomic mass is 9.87. The summed E-state index contributed by atoms with van der Waals surface area (Å²) >= 11 is 0. The van der Waals surface area contributed by atoms with Crippen molar-refractivity contribution in [1.82, 2.24) is 14.3 Å². The number of aromatic nitrogens is 2. The highest BCUT2D eigenvalue weighted by atomic mass is 32.2. The van der Waals surface area contributed by atoms with Crippen molar-refractivity contribution < 1.29 is 27.1 Å². The van der Waals surface area contributed by atoms with Crippen molar-refractivity contribution in [2.75, 3.05) is 13.1 Å². The SMILES string of the molecule is N[C@@H](Cc1cccc(S(=O)(=O)N2CC(Oc3cccc(F)c3)(c3ccccc3)C2)c1)C(=O)OCc1ncccn1. The van der Waals surface area contributed by atoms with Crippen LogP contribution in [0.1, 0.15) is 17.0 Å². The van der Waals surface area contributed by atoms with Gasteiger partial charge in [-0.3, -0.25) is 4.79 Å². The van der Waals surface area contributed by atoms with E-state index in [0.29, 0.717) is 17.1 Å². The van der Waals surface area contributed by atoms with Crippen molar-refractivity contribution in [2.24, 2.45) is 5.73 Å². The molecule has 9 nitrogen and oxygen atoms in total. The Morgan fingerprint density at radius 3 is 2.42 bits per heavy atom. The number of carbonyl (C=O) groups is 1. The molecular formula is C29H27FN4O5S. The summed E-state index contributed by atoms with van der Waals surface area (Å²) in [4.78, 5) is 20.4. The van der Waals surface area contributed by atoms with Gasteiger partial charge in [0, 0.05) is 18.5 Å². The van der Waals surface area contributed by atoms with Crippen LogP contribution in [0.2, 0.25) is 0 Å². The van der Waals surface area contributed by atoms with Crippen LogP contribution in [0.5, 0.6) is 5.75 Å². The summed E-state index contributed by atoms with van der Waals surface area (Å²) in [5.74, 6) is -0.441. The zero-order valence-electron chi connectivity index (χ0n) is 21.4. The van der Waals surface area contributed by atoms with Crippen LogP contribution in [0.4, 0.5) is 4.39 Å². The van der Waals surface area contributed by atoms with Gasteiger partial charge in [0.1, 0.15) is 17.6 Å². The number of nitrogens with zero attached hydrogens (tertiary/aromatic N) is 3. The Morgan fingerprint density at radius 1 is 0.975 bits per heavy atom. The number of benzene rings is 3. The molecule has 5 rings (SSSR count). The summed E-state index contributed by atoms with van der Waals surface area (Å²) in [5.41, 5.74) is 6.40. The summed E-state index contributed by atoms with van der Waals surface area (Å²) in [7, 11) is -3.90. The molecule has 0 saturated carbocycles. The fourth-order valence-electron chi connectivity index (χ4n) is 4.46. The van der Waals surface area contributed by atoms with Gasteiger partial charge in [0.25, 0.3) is 0 Å². The maximum Gasteiger partial charge on any atom is 0.323 e. The van der Waals surface area contributed by atoms with Gasteiger partial charge in [-0.05, 0) is 47.9 Å². The number of hydrogen-bond donors (Lipinski definition) is 1. The number of rotatable bonds is 10. The van der Waals surface area contributed by atoms with Gasteiger partial charge in [-0.25, -0.2) is 22.8 Å². The van der Waals surface area contributed by atoms with E-state index in [9.17, 15) is 17.6 Å². The Bertz CT molecular complexity index is 1580. The van der Waals surface area contributed by atoms with E-state index in [-0.39, 0.29) is 31.0 Å². The fraction of sp³-hybridized carbons (Fsp3) is 0.207. The van der Waals surface area contributed by atoms with Crippen LogP contribution in [-0.2, 0) is 38.2 Å². The topological polar surface area (TPSA) is 125 Å². The van der Waals surface area contributed by atoms with Crippen LogP contribution >= 0.6 is 0 Å². The zero-order valence-corrected chi connectivity index (χ0v) is 22.2. The molecule has 4 aromatic rings. The number of esters is 1. The maximum absolute atomic E-state index is 13.8. The standard InChI is InChI=1S/C29H27FN4O5S/c30-23-10-5-11-24(17-23)39-29(22-8-2-1-3-9-22)19-34(20-29)40(36,37)25-12-4-7-21(15-25)16-26(31)28(35)38-18-27-32-13-6-14-33-27/h1-15,17,26H,16,18-20,31H2/t26-/m0/s1. The van der Waals surface area contributed by atoms with Crippen molar-refractivity contribution in [3.63, 3.8) is 0 Å². The normalized spacial score (nSPS) is 15.6. The molecule has 1 saturated heterocycles. The summed E-state index contributed by atoms with van der Waals surface area (Å²) in [6, 6.07) is 21.9. The van der Waals surface area contributed by atoms with Crippen molar-refractivity contribution in [1.29, 1.82) is 0 Å². The van der Waals surface area contributed by atoms with Gasteiger partial charge in [0.2, 0.25) is 10.0 Å². The van der Waals surface area contributed by atoms with Gasteiger partial charge in [-0.1, -0.05) is 48.5 Å². The predicted octanol–water partition coefficient (Wildman–Crippen LogP) is 3.21. The third kappa shape index (κ3) is 6.01. The van der Waals surface area contributed by atoms with E-state index in [2.05, 4.69) is 9.97 Å². The minimum atomic E-state index is -3.90. The van der Waals surface area contributed by atoms with Crippen LogP contribution in [0, 0.1) is 5.82 Å². The molecule has 1 fully saturated rings. The molecule has 1 aromatic heterocycles. The molecule has 0 spiro atoms. The second kappa shape index (κ2) is 11.5. The first-order valence-corrected chi connectivity index (χ1v) is 14.0. The van der Waals surface area contributed by atoms with Crippen LogP contribution in [-0.4, -0.2) is 47.8 Å². The minimum absolute atomic E-state index is 0.0352. The number of carbonyl (C=O) groups excluding carboxylic acids is 1. The molecule has 1 atom stereocenters. The van der Waals surface area contributed by atoms with Crippen molar-refractivity contribution >= 4 is 16.0 Å². The van der Waals surface area contributed by atoms with Crippen molar-refractivity contribution in [3.05, 3.63) is 120 Å². The second-order valence-electron chi connectivity index (χ2n) is 9.42. The molecule has 0 amide bonds. The Kier molecular flexibility index (Phi) is 7.88. The van der Waals surface area contributed by atoms with Crippen LogP contribution in [0.15, 0.2) is 102 Å². The minimum Gasteiger partial charge on any atom is -0.480 e. The van der Waals surface area contributed by atoms with Gasteiger partial charge in [0.15, 0.2) is 18.0 Å². The molecule has 0 unspecified atom stereocenters. The molecule has 3 aromatic carbocycles. The van der Waals surface area contributed by atoms with E-state index in [1.807, 2.05) is 30.3 Å². The summed E-state index contributed by atoms with van der Waals surface area (Å²) in [6.07, 6.45) is 3.16. The first kappa shape index (κ1) is 27.4. The molecule has 2 heterocycles. The Hall–Kier alpha value is -4.19. The molecular weight excluding hydrogens is 535 g/mol. The van der Waals surface area contributed by atoms with Gasteiger partial charge < -0.3 is 15.2 Å². The highest BCUT2D eigenvalue weighted by molar-refractivity contribution is 7.89. The Labute approximate surface area is 231 Å². The second-order valence-corrected chi connectivity index (χ2v) is 11.4. The lowest BCUT2D eigenvalue weighted by Crippen LogP contribution is -2.64. The monoisotopic (exact) mass is 562 g/mol. The van der Waals surface area contributed by atoms with E-state index in [1.165, 1.54) is 47.0 Å². The Morgan fingerprint density at radius 2 is 1.70 bits per heavy atom. The average Bonchev–Trinajstić information content (AvgIpc) is 2.94. The average molecular weight is 563 g/mol. The lowest BCUT2D eigenvalue weighted by molar-refractivity contribution is -0.146. The van der Waals surface area contributed by atoms with Crippen LogP contribution < -0.4 is 10.5 Å². The summed E-state index contributed by atoms with van der Waals surface area (Å²) < 4.78 is 53.6. The van der Waals surface area contributed by atoms with E-state index in [1.54, 1.807) is 24.3 Å². The smallest absolute Gasteiger partial charge is 0.323 e. The maximum atomic E-state index is 13.8. The molecule has 0 aliphatic carbocycles. The zero-order chi connectivity index (χ0) is 28.2. The third-order valence-corrected chi connectivity index (χ3v) is 8.32. The first-order chi connectivity index (χ1) is 19.2. The molecule has 40 heavy (non-hydrogen) atoms. The summed E-state index contributed by atoms with van der Waals surface area (Å²) in [6.45, 7) is -0.0431. The van der Waals surface area contributed by atoms with Crippen LogP contribution in [0.25, 0.3) is 0 Å². The number of ether oxygens (including phenoxy) is 2. The highest BCUT2D eigenvalue weighted by Crippen LogP contribution is 2.40. The van der Waals surface area contributed by atoms with Crippen molar-refractivity contribution in [2.45, 2.75) is 29.6 Å². The highest BCUT2D eigenvalue weighted by Gasteiger charge is 2.52. The number of sulfonamides is 1. The third-order valence-electron chi connectivity index (χ3n) is 6.53. The van der Waals surface area contributed by atoms with Gasteiger partial charge in [-0.2, -0.15) is 4.31 Å². The molecule has 1 aliphatic rings. The van der Waals surface area contributed by atoms with Crippen LogP contribution in [0.3, 0.4) is 0 Å². The largest absolute Gasteiger partial charge is 0.480 e. The first-order valence-electron chi connectivity index (χ1n) is 12.5. The van der Waals surface area contributed by atoms with E-state index < -0.39 is 33.5 Å². The Balaban J connectivity index is 1.28. The number of nitrogens with two attached hydrogens (primary N) is 1. The molecule has 1 aliphatic heterocycles. The number of halogens is 1. The summed E-state index contributed by atoms with van der Waals surface area (Å²) in [5, 5.41) is 0. The van der Waals surface area contributed by atoms with Crippen molar-refractivity contribution in [3.8, 4) is 5.75 Å². The molecule has 0 bridgehead atoms. The molecule has 2 N–H and O–H groups in total. The van der Waals surface area contributed by atoms with E-state index >= 15 is 0 Å². The molecule has 11 heteroatoms. The van der Waals surface area contributed by atoms with Gasteiger partial charge in [-0.15, -0.1) is 0 Å². The molecule has 0 radical (unpaired) electrons. The lowest BCUT2D eigenvalue weighted by Gasteiger charge is -2.48. The van der Waals surface area contributed by atoms with E-state index in [0.717, 1.165) is 5.56 Å². The fourth-order valence-corrected chi connectivity index (χ4v) is 6.07.